The Morgan fingerprint density at radius 1 is 0.357 bits per heavy atom. The average molecular weight is 895 g/mol. The van der Waals surface area contributed by atoms with Crippen LogP contribution in [-0.4, -0.2) is 15.8 Å². The molecule has 276 valence electrons. The Labute approximate surface area is 352 Å². The highest BCUT2D eigenvalue weighted by Gasteiger charge is 2.48. The van der Waals surface area contributed by atoms with Crippen LogP contribution in [0.2, 0.25) is 0 Å². The maximum atomic E-state index is 14.0. The van der Waals surface area contributed by atoms with Crippen LogP contribution in [0.3, 0.4) is 0 Å². The summed E-state index contributed by atoms with van der Waals surface area (Å²) >= 11 is 0. The summed E-state index contributed by atoms with van der Waals surface area (Å²) in [6.07, 6.45) is 5.38. The van der Waals surface area contributed by atoms with E-state index in [1.54, 1.807) is 0 Å². The molecule has 3 nitrogen and oxygen atoms in total. The molecular weight excluding hydrogens is 854 g/mol. The molecule has 8 aromatic rings. The quantitative estimate of drug-likeness (QED) is 0.140. The van der Waals surface area contributed by atoms with Crippen LogP contribution in [0.5, 0.6) is 0 Å². The zero-order chi connectivity index (χ0) is 36.6. The first-order valence-corrected chi connectivity index (χ1v) is 22.2. The van der Waals surface area contributed by atoms with Crippen LogP contribution in [0.1, 0.15) is 27.0 Å². The molecule has 0 unspecified atom stereocenters. The lowest BCUT2D eigenvalue weighted by atomic mass is 10.0. The zero-order valence-electron chi connectivity index (χ0n) is 30.7. The lowest BCUT2D eigenvalue weighted by Gasteiger charge is -2.26. The number of hydrogen-bond donors (Lipinski definition) is 0. The molecule has 0 aliphatic carbocycles. The van der Waals surface area contributed by atoms with Gasteiger partial charge in [-0.1, -0.05) is 133 Å². The second-order valence-corrected chi connectivity index (χ2v) is 20.2. The van der Waals surface area contributed by atoms with E-state index in [2.05, 4.69) is 170 Å². The first-order valence-electron chi connectivity index (χ1n) is 18.2. The lowest BCUT2D eigenvalue weighted by molar-refractivity contribution is -0.00100. The number of pyridine rings is 2. The maximum Gasteiger partial charge on any atom is 0.193 e. The first-order chi connectivity index (χ1) is 26.7. The molecule has 0 amide bonds. The first kappa shape index (κ1) is 40.8. The summed E-state index contributed by atoms with van der Waals surface area (Å²) in [5.74, 6) is 0.0157. The molecule has 0 saturated carbocycles. The summed E-state index contributed by atoms with van der Waals surface area (Å²) in [7, 11) is -4.32. The van der Waals surface area contributed by atoms with Gasteiger partial charge < -0.3 is 34.0 Å². The van der Waals surface area contributed by atoms with Crippen molar-refractivity contribution >= 4 is 52.4 Å². The molecule has 0 N–H and O–H groups in total. The van der Waals surface area contributed by atoms with E-state index in [0.29, 0.717) is 11.1 Å². The van der Waals surface area contributed by atoms with E-state index in [-0.39, 0.29) is 39.7 Å². The Morgan fingerprint density at radius 3 is 0.911 bits per heavy atom. The van der Waals surface area contributed by atoms with Crippen molar-refractivity contribution in [3.63, 3.8) is 0 Å². The van der Waals surface area contributed by atoms with E-state index in [9.17, 15) is 4.79 Å². The van der Waals surface area contributed by atoms with Crippen LogP contribution in [0.25, 0.3) is 0 Å². The van der Waals surface area contributed by atoms with Gasteiger partial charge in [0.25, 0.3) is 0 Å². The highest BCUT2D eigenvalue weighted by molar-refractivity contribution is 7.95. The predicted molar refractivity (Wildman–Crippen MR) is 230 cm³/mol. The van der Waals surface area contributed by atoms with E-state index in [4.69, 9.17) is 9.97 Å². The molecule has 56 heavy (non-hydrogen) atoms. The van der Waals surface area contributed by atoms with Gasteiger partial charge in [0.15, 0.2) is 16.7 Å². The Morgan fingerprint density at radius 2 is 0.643 bits per heavy atom. The predicted octanol–water partition coefficient (Wildman–Crippen LogP) is 2.70. The fourth-order valence-corrected chi connectivity index (χ4v) is 15.6. The maximum absolute atomic E-state index is 14.0. The van der Waals surface area contributed by atoms with Crippen LogP contribution in [0.15, 0.2) is 219 Å². The zero-order valence-corrected chi connectivity index (χ0v) is 35.6. The minimum atomic E-state index is -2.16. The van der Waals surface area contributed by atoms with Gasteiger partial charge in [0.2, 0.25) is 0 Å². The third-order valence-corrected chi connectivity index (χ3v) is 18.6. The number of carbonyl (C=O) groups excluding carboxylic acids is 1. The number of rotatable bonds is 12. The fraction of sp³-hybridized carbons (Fsp3) is 0.0408. The highest BCUT2D eigenvalue weighted by Crippen LogP contribution is 2.58. The van der Waals surface area contributed by atoms with Gasteiger partial charge >= 0.3 is 0 Å². The molecule has 0 bridgehead atoms. The molecule has 2 heterocycles. The van der Waals surface area contributed by atoms with E-state index in [1.165, 1.54) is 32.3 Å². The summed E-state index contributed by atoms with van der Waals surface area (Å²) in [5.41, 5.74) is 5.89. The van der Waals surface area contributed by atoms with Gasteiger partial charge in [0.05, 0.1) is 0 Å². The fourth-order valence-electron chi connectivity index (χ4n) is 7.48. The van der Waals surface area contributed by atoms with Crippen molar-refractivity contribution in [1.82, 2.24) is 9.97 Å². The standard InChI is InChI=1S/C49H40N2OP2.2BrH/c52-49(41-31-27-39(28-32-41)37-53(43-17-5-1-6-18-43,44-19-7-2-8-20-44)47-25-13-15-35-50-47)42-33-29-40(30-34-42)38-54(45-21-9-3-10-22-45,46-23-11-4-12-24-46)48-26-14-16-36-51-48;;/h1-36H,37-38H2;2*1H/q+2;;/p-2. The number of benzene rings is 6. The summed E-state index contributed by atoms with van der Waals surface area (Å²) in [6.45, 7) is 0. The van der Waals surface area contributed by atoms with Crippen LogP contribution in [-0.2, 0) is 12.3 Å². The number of hydrogen-bond acceptors (Lipinski definition) is 3. The Bertz CT molecular complexity index is 2060. The molecule has 0 atom stereocenters. The normalized spacial score (nSPS) is 11.1. The monoisotopic (exact) mass is 892 g/mol. The molecule has 0 aliphatic rings. The second kappa shape index (κ2) is 18.8. The van der Waals surface area contributed by atoms with Gasteiger partial charge in [-0.15, -0.1) is 0 Å². The van der Waals surface area contributed by atoms with Crippen molar-refractivity contribution < 1.29 is 38.8 Å². The topological polar surface area (TPSA) is 42.9 Å². The summed E-state index contributed by atoms with van der Waals surface area (Å²) < 4.78 is 0. The molecule has 6 aromatic carbocycles. The molecule has 0 aliphatic heterocycles. The largest absolute Gasteiger partial charge is 1.00 e. The molecule has 0 radical (unpaired) electrons. The van der Waals surface area contributed by atoms with Crippen LogP contribution >= 0.6 is 14.5 Å². The molecule has 8 rings (SSSR count). The van der Waals surface area contributed by atoms with E-state index >= 15 is 0 Å². The highest BCUT2D eigenvalue weighted by atomic mass is 79.9. The number of carbonyl (C=O) groups is 1. The third-order valence-electron chi connectivity index (χ3n) is 10.1. The van der Waals surface area contributed by atoms with E-state index < -0.39 is 14.5 Å². The summed E-state index contributed by atoms with van der Waals surface area (Å²) in [6, 6.07) is 72.0. The van der Waals surface area contributed by atoms with Gasteiger partial charge in [-0.25, -0.2) is 9.97 Å². The number of halogens is 2. The Kier molecular flexibility index (Phi) is 13.7. The molecular formula is C49H40Br2N2OP2. The average Bonchev–Trinajstić information content (AvgIpc) is 3.27. The van der Waals surface area contributed by atoms with Crippen LogP contribution in [0.4, 0.5) is 0 Å². The number of aromatic nitrogens is 2. The SMILES string of the molecule is O=C(c1ccc(C[P+](c2ccccc2)(c2ccccc2)c2ccccn2)cc1)c1ccc(C[P+](c2ccccc2)(c2ccccc2)c2ccccn2)cc1.[Br-].[Br-]. The molecule has 0 saturated heterocycles. The van der Waals surface area contributed by atoms with Crippen molar-refractivity contribution in [1.29, 1.82) is 0 Å². The Hall–Kier alpha value is -4.89. The van der Waals surface area contributed by atoms with Gasteiger partial charge in [0, 0.05) is 35.7 Å². The van der Waals surface area contributed by atoms with Gasteiger partial charge in [-0.2, -0.15) is 0 Å². The van der Waals surface area contributed by atoms with Crippen LogP contribution in [0, 0.1) is 0 Å². The third kappa shape index (κ3) is 8.29. The Balaban J connectivity index is 0.00000266. The van der Waals surface area contributed by atoms with Crippen molar-refractivity contribution in [2.75, 3.05) is 0 Å². The van der Waals surface area contributed by atoms with Gasteiger partial charge in [0.1, 0.15) is 48.1 Å². The van der Waals surface area contributed by atoms with E-state index in [0.717, 1.165) is 23.2 Å². The smallest absolute Gasteiger partial charge is 0.193 e. The van der Waals surface area contributed by atoms with Crippen molar-refractivity contribution in [3.05, 3.63) is 241 Å². The molecule has 7 heteroatoms. The molecule has 0 fully saturated rings. The lowest BCUT2D eigenvalue weighted by Crippen LogP contribution is -3.00. The van der Waals surface area contributed by atoms with Crippen molar-refractivity contribution in [2.24, 2.45) is 0 Å². The van der Waals surface area contributed by atoms with E-state index in [1.807, 2.05) is 48.8 Å². The molecule has 0 spiro atoms. The van der Waals surface area contributed by atoms with Gasteiger partial charge in [-0.05, 0) is 71.8 Å². The van der Waals surface area contributed by atoms with Gasteiger partial charge in [-0.3, -0.25) is 4.79 Å². The van der Waals surface area contributed by atoms with Crippen LogP contribution < -0.4 is 66.1 Å². The number of ketones is 1. The van der Waals surface area contributed by atoms with Crippen molar-refractivity contribution in [3.8, 4) is 0 Å². The summed E-state index contributed by atoms with van der Waals surface area (Å²) in [5, 5.41) is 5.13. The second-order valence-electron chi connectivity index (χ2n) is 13.4. The van der Waals surface area contributed by atoms with Crippen molar-refractivity contribution in [2.45, 2.75) is 12.3 Å². The molecule has 2 aromatic heterocycles. The summed E-state index contributed by atoms with van der Waals surface area (Å²) in [4.78, 5) is 23.9. The minimum Gasteiger partial charge on any atom is -1.00 e. The minimum absolute atomic E-state index is 0. The number of nitrogens with zero attached hydrogens (tertiary/aromatic N) is 2.